The van der Waals surface area contributed by atoms with Crippen molar-refractivity contribution in [3.05, 3.63) is 22.4 Å². The molecule has 0 saturated heterocycles. The summed E-state index contributed by atoms with van der Waals surface area (Å²) in [6.45, 7) is 7.99. The summed E-state index contributed by atoms with van der Waals surface area (Å²) in [5.74, 6) is 0.760. The van der Waals surface area contributed by atoms with Crippen molar-refractivity contribution < 1.29 is 0 Å². The lowest BCUT2D eigenvalue weighted by Crippen LogP contribution is -2.44. The van der Waals surface area contributed by atoms with E-state index in [2.05, 4.69) is 43.2 Å². The molecule has 0 aliphatic heterocycles. The van der Waals surface area contributed by atoms with Gasteiger partial charge in [0.05, 0.1) is 6.04 Å². The molecule has 1 aliphatic rings. The van der Waals surface area contributed by atoms with Gasteiger partial charge in [-0.2, -0.15) is 0 Å². The molecule has 1 aliphatic carbocycles. The van der Waals surface area contributed by atoms with Crippen LogP contribution in [0.2, 0.25) is 0 Å². The average molecular weight is 295 g/mol. The van der Waals surface area contributed by atoms with E-state index in [1.807, 2.05) is 11.3 Å². The molecule has 1 fully saturated rings. The first-order chi connectivity index (χ1) is 9.59. The van der Waals surface area contributed by atoms with Crippen molar-refractivity contribution in [1.82, 2.24) is 4.90 Å². The van der Waals surface area contributed by atoms with Gasteiger partial charge in [-0.1, -0.05) is 32.8 Å². The Morgan fingerprint density at radius 2 is 2.00 bits per heavy atom. The normalized spacial score (nSPS) is 19.9. The molecule has 3 heteroatoms. The molecule has 0 spiro atoms. The third kappa shape index (κ3) is 4.06. The van der Waals surface area contributed by atoms with Gasteiger partial charge >= 0.3 is 0 Å². The Hall–Kier alpha value is -0.380. The lowest BCUT2D eigenvalue weighted by Gasteiger charge is -2.38. The molecule has 1 aromatic rings. The molecule has 2 N–H and O–H groups in total. The molecule has 20 heavy (non-hydrogen) atoms. The summed E-state index contributed by atoms with van der Waals surface area (Å²) >= 11 is 1.86. The second-order valence-corrected chi connectivity index (χ2v) is 7.66. The van der Waals surface area contributed by atoms with E-state index in [1.54, 1.807) is 0 Å². The molecule has 0 bridgehead atoms. The zero-order valence-electron chi connectivity index (χ0n) is 13.2. The van der Waals surface area contributed by atoms with E-state index in [9.17, 15) is 0 Å². The summed E-state index contributed by atoms with van der Waals surface area (Å²) in [6.07, 6.45) is 6.75. The molecular formula is C17H30N2S. The second kappa shape index (κ2) is 7.58. The first-order valence-electron chi connectivity index (χ1n) is 8.14. The number of nitrogens with zero attached hydrogens (tertiary/aromatic N) is 1. The van der Waals surface area contributed by atoms with Crippen LogP contribution in [0.25, 0.3) is 0 Å². The molecular weight excluding hydrogens is 264 g/mol. The van der Waals surface area contributed by atoms with Crippen LogP contribution in [-0.2, 0) is 0 Å². The summed E-state index contributed by atoms with van der Waals surface area (Å²) in [6, 6.07) is 5.76. The Kier molecular flexibility index (Phi) is 6.06. The van der Waals surface area contributed by atoms with Crippen molar-refractivity contribution in [3.63, 3.8) is 0 Å². The van der Waals surface area contributed by atoms with Gasteiger partial charge in [0.2, 0.25) is 0 Å². The molecule has 2 atom stereocenters. The van der Waals surface area contributed by atoms with E-state index in [1.165, 1.54) is 43.5 Å². The maximum Gasteiger partial charge on any atom is 0.0593 e. The smallest absolute Gasteiger partial charge is 0.0593 e. The van der Waals surface area contributed by atoms with Crippen LogP contribution in [0.3, 0.4) is 0 Å². The topological polar surface area (TPSA) is 29.3 Å². The summed E-state index contributed by atoms with van der Waals surface area (Å²) in [4.78, 5) is 4.17. The van der Waals surface area contributed by atoms with Gasteiger partial charge in [0, 0.05) is 17.0 Å². The van der Waals surface area contributed by atoms with E-state index in [4.69, 9.17) is 5.73 Å². The number of hydrogen-bond donors (Lipinski definition) is 1. The third-order valence-electron chi connectivity index (χ3n) is 4.45. The van der Waals surface area contributed by atoms with Gasteiger partial charge in [-0.25, -0.2) is 0 Å². The highest BCUT2D eigenvalue weighted by Gasteiger charge is 2.32. The minimum Gasteiger partial charge on any atom is -0.326 e. The molecule has 0 amide bonds. The molecule has 0 radical (unpaired) electrons. The number of thiophene rings is 1. The first kappa shape index (κ1) is 16.0. The van der Waals surface area contributed by atoms with Gasteiger partial charge < -0.3 is 5.73 Å². The van der Waals surface area contributed by atoms with Crippen molar-refractivity contribution >= 4 is 11.3 Å². The molecule has 2 nitrogen and oxygen atoms in total. The van der Waals surface area contributed by atoms with Gasteiger partial charge in [-0.05, 0) is 50.1 Å². The second-order valence-electron chi connectivity index (χ2n) is 6.68. The van der Waals surface area contributed by atoms with Crippen LogP contribution in [0.4, 0.5) is 0 Å². The zero-order valence-corrected chi connectivity index (χ0v) is 14.0. The fourth-order valence-electron chi connectivity index (χ4n) is 3.38. The van der Waals surface area contributed by atoms with Crippen LogP contribution in [0.1, 0.15) is 63.8 Å². The van der Waals surface area contributed by atoms with Crippen molar-refractivity contribution in [2.45, 2.75) is 71.0 Å². The molecule has 1 saturated carbocycles. The summed E-state index contributed by atoms with van der Waals surface area (Å²) < 4.78 is 0. The van der Waals surface area contributed by atoms with Crippen molar-refractivity contribution in [2.75, 3.05) is 6.54 Å². The predicted octanol–water partition coefficient (Wildman–Crippen LogP) is 4.43. The Labute approximate surface area is 128 Å². The highest BCUT2D eigenvalue weighted by atomic mass is 32.1. The van der Waals surface area contributed by atoms with Gasteiger partial charge in [0.25, 0.3) is 0 Å². The number of rotatable bonds is 7. The predicted molar refractivity (Wildman–Crippen MR) is 89.1 cm³/mol. The van der Waals surface area contributed by atoms with Gasteiger partial charge in [0.1, 0.15) is 0 Å². The van der Waals surface area contributed by atoms with E-state index in [-0.39, 0.29) is 6.04 Å². The summed E-state index contributed by atoms with van der Waals surface area (Å²) in [5.41, 5.74) is 6.37. The van der Waals surface area contributed by atoms with Crippen LogP contribution in [0.5, 0.6) is 0 Å². The van der Waals surface area contributed by atoms with Crippen LogP contribution in [-0.4, -0.2) is 23.5 Å². The molecule has 114 valence electrons. The lowest BCUT2D eigenvalue weighted by atomic mass is 10.0. The maximum absolute atomic E-state index is 6.37. The van der Waals surface area contributed by atoms with Crippen LogP contribution >= 0.6 is 11.3 Å². The van der Waals surface area contributed by atoms with E-state index < -0.39 is 0 Å². The molecule has 1 heterocycles. The molecule has 2 unspecified atom stereocenters. The van der Waals surface area contributed by atoms with Crippen LogP contribution in [0, 0.1) is 5.92 Å². The largest absolute Gasteiger partial charge is 0.326 e. The van der Waals surface area contributed by atoms with Crippen molar-refractivity contribution in [1.29, 1.82) is 0 Å². The Bertz CT molecular complexity index is 366. The van der Waals surface area contributed by atoms with E-state index in [0.29, 0.717) is 6.04 Å². The van der Waals surface area contributed by atoms with Crippen molar-refractivity contribution in [3.8, 4) is 0 Å². The Morgan fingerprint density at radius 3 is 2.50 bits per heavy atom. The Balaban J connectivity index is 2.17. The first-order valence-corrected chi connectivity index (χ1v) is 9.02. The third-order valence-corrected chi connectivity index (χ3v) is 5.39. The quantitative estimate of drug-likeness (QED) is 0.806. The number of hydrogen-bond acceptors (Lipinski definition) is 3. The van der Waals surface area contributed by atoms with Gasteiger partial charge in [-0.3, -0.25) is 4.90 Å². The highest BCUT2D eigenvalue weighted by Crippen LogP contribution is 2.35. The maximum atomic E-state index is 6.37. The standard InChI is InChI=1S/C17H30N2S/c1-13(2)10-11-19(15-7-4-5-8-15)17(14(3)18)16-9-6-12-20-16/h6,9,12-15,17H,4-5,7-8,10-11,18H2,1-3H3. The van der Waals surface area contributed by atoms with E-state index >= 15 is 0 Å². The Morgan fingerprint density at radius 1 is 1.30 bits per heavy atom. The lowest BCUT2D eigenvalue weighted by molar-refractivity contribution is 0.114. The van der Waals surface area contributed by atoms with Gasteiger partial charge in [0.15, 0.2) is 0 Å². The van der Waals surface area contributed by atoms with Crippen molar-refractivity contribution in [2.24, 2.45) is 11.7 Å². The van der Waals surface area contributed by atoms with Crippen LogP contribution < -0.4 is 5.73 Å². The fraction of sp³-hybridized carbons (Fsp3) is 0.765. The summed E-state index contributed by atoms with van der Waals surface area (Å²) in [7, 11) is 0. The zero-order chi connectivity index (χ0) is 14.5. The van der Waals surface area contributed by atoms with Gasteiger partial charge in [-0.15, -0.1) is 11.3 Å². The average Bonchev–Trinajstić information content (AvgIpc) is 3.05. The van der Waals surface area contributed by atoms with Crippen LogP contribution in [0.15, 0.2) is 17.5 Å². The number of nitrogens with two attached hydrogens (primary N) is 1. The summed E-state index contributed by atoms with van der Waals surface area (Å²) in [5, 5.41) is 2.18. The monoisotopic (exact) mass is 294 g/mol. The minimum atomic E-state index is 0.196. The SMILES string of the molecule is CC(C)CCN(C1CCCC1)C(c1cccs1)C(C)N. The molecule has 2 rings (SSSR count). The fourth-order valence-corrected chi connectivity index (χ4v) is 4.34. The molecule has 1 aromatic heterocycles. The molecule has 0 aromatic carbocycles. The minimum absolute atomic E-state index is 0.196. The highest BCUT2D eigenvalue weighted by molar-refractivity contribution is 7.10. The van der Waals surface area contributed by atoms with E-state index in [0.717, 1.165) is 12.0 Å².